The number of fused-ring (bicyclic) bond motifs is 1. The zero-order valence-corrected chi connectivity index (χ0v) is 17.8. The lowest BCUT2D eigenvalue weighted by molar-refractivity contribution is 0.188. The zero-order chi connectivity index (χ0) is 20.7. The number of aryl methyl sites for hydroxylation is 1. The van der Waals surface area contributed by atoms with E-state index in [1.54, 1.807) is 6.92 Å². The summed E-state index contributed by atoms with van der Waals surface area (Å²) < 4.78 is 0. The van der Waals surface area contributed by atoms with E-state index < -0.39 is 6.10 Å². The Kier molecular flexibility index (Phi) is 4.82. The maximum Gasteiger partial charge on any atom is 0.156 e. The van der Waals surface area contributed by atoms with Crippen LogP contribution < -0.4 is 4.90 Å². The first-order chi connectivity index (χ1) is 14.5. The van der Waals surface area contributed by atoms with Gasteiger partial charge in [0.2, 0.25) is 0 Å². The summed E-state index contributed by atoms with van der Waals surface area (Å²) >= 11 is 0. The number of rotatable bonds is 4. The van der Waals surface area contributed by atoms with Crippen LogP contribution in [0, 0.1) is 6.92 Å². The molecule has 2 aromatic carbocycles. The normalized spacial score (nSPS) is 18.4. The molecule has 0 bridgehead atoms. The molecular formula is C26H29N3O. The Balaban J connectivity index is 1.39. The second kappa shape index (κ2) is 7.51. The first kappa shape index (κ1) is 19.3. The van der Waals surface area contributed by atoms with E-state index in [4.69, 9.17) is 0 Å². The molecule has 4 heteroatoms. The largest absolute Gasteiger partial charge is 0.385 e. The van der Waals surface area contributed by atoms with E-state index in [2.05, 4.69) is 70.3 Å². The molecule has 1 saturated carbocycles. The van der Waals surface area contributed by atoms with Gasteiger partial charge in [-0.15, -0.1) is 0 Å². The first-order valence-corrected chi connectivity index (χ1v) is 11.0. The molecule has 2 heterocycles. The van der Waals surface area contributed by atoms with Gasteiger partial charge >= 0.3 is 0 Å². The number of aliphatic hydroxyl groups excluding tert-OH is 1. The average molecular weight is 400 g/mol. The molecule has 1 unspecified atom stereocenters. The van der Waals surface area contributed by atoms with E-state index in [9.17, 15) is 5.11 Å². The fourth-order valence-electron chi connectivity index (χ4n) is 4.88. The van der Waals surface area contributed by atoms with Crippen molar-refractivity contribution >= 4 is 5.69 Å². The summed E-state index contributed by atoms with van der Waals surface area (Å²) in [5.74, 6) is 0.510. The van der Waals surface area contributed by atoms with Crippen LogP contribution in [0.1, 0.15) is 66.1 Å². The van der Waals surface area contributed by atoms with Crippen molar-refractivity contribution in [2.24, 2.45) is 0 Å². The van der Waals surface area contributed by atoms with E-state index in [0.717, 1.165) is 25.2 Å². The number of nitrogens with zero attached hydrogens (tertiary/aromatic N) is 3. The van der Waals surface area contributed by atoms with Gasteiger partial charge in [0.05, 0.1) is 12.2 Å². The molecule has 154 valence electrons. The molecule has 1 aliphatic heterocycles. The van der Waals surface area contributed by atoms with Gasteiger partial charge in [-0.25, -0.2) is 9.97 Å². The molecule has 1 fully saturated rings. The molecule has 30 heavy (non-hydrogen) atoms. The van der Waals surface area contributed by atoms with E-state index in [-0.39, 0.29) is 5.41 Å². The summed E-state index contributed by atoms with van der Waals surface area (Å²) in [6.45, 7) is 5.59. The quantitative estimate of drug-likeness (QED) is 0.680. The summed E-state index contributed by atoms with van der Waals surface area (Å²) in [6, 6.07) is 18.3. The van der Waals surface area contributed by atoms with Crippen LogP contribution in [-0.4, -0.2) is 21.6 Å². The standard InChI is InChI=1S/C26H29N3O/c1-18-4-6-21(7-5-18)26(13-3-14-26)22-8-10-23(11-9-22)29-15-12-20-16-27-25(19(2)30)28-24(20)17-29/h4-11,16,19,30H,3,12-15,17H2,1-2H3. The van der Waals surface area contributed by atoms with Crippen LogP contribution in [0.25, 0.3) is 0 Å². The maximum atomic E-state index is 9.81. The second-order valence-electron chi connectivity index (χ2n) is 8.90. The Bertz CT molecular complexity index is 1040. The van der Waals surface area contributed by atoms with Crippen LogP contribution in [0.15, 0.2) is 54.7 Å². The highest BCUT2D eigenvalue weighted by atomic mass is 16.3. The van der Waals surface area contributed by atoms with Crippen LogP contribution in [0.5, 0.6) is 0 Å². The van der Waals surface area contributed by atoms with Crippen molar-refractivity contribution in [3.63, 3.8) is 0 Å². The monoisotopic (exact) mass is 399 g/mol. The van der Waals surface area contributed by atoms with Crippen LogP contribution in [0.2, 0.25) is 0 Å². The van der Waals surface area contributed by atoms with Crippen LogP contribution in [0.4, 0.5) is 5.69 Å². The van der Waals surface area contributed by atoms with E-state index in [1.807, 2.05) is 6.20 Å². The zero-order valence-electron chi connectivity index (χ0n) is 17.8. The highest BCUT2D eigenvalue weighted by Gasteiger charge is 2.40. The maximum absolute atomic E-state index is 9.81. The third kappa shape index (κ3) is 3.29. The number of anilines is 1. The summed E-state index contributed by atoms with van der Waals surface area (Å²) in [4.78, 5) is 11.3. The number of hydrogen-bond acceptors (Lipinski definition) is 4. The molecule has 1 aliphatic carbocycles. The lowest BCUT2D eigenvalue weighted by Crippen LogP contribution is -2.35. The van der Waals surface area contributed by atoms with Gasteiger partial charge in [0.1, 0.15) is 6.10 Å². The lowest BCUT2D eigenvalue weighted by Gasteiger charge is -2.43. The Morgan fingerprint density at radius 2 is 1.67 bits per heavy atom. The van der Waals surface area contributed by atoms with Crippen molar-refractivity contribution < 1.29 is 5.11 Å². The summed E-state index contributed by atoms with van der Waals surface area (Å²) in [6.07, 6.45) is 5.93. The van der Waals surface area contributed by atoms with Gasteiger partial charge in [-0.2, -0.15) is 0 Å². The van der Waals surface area contributed by atoms with Crippen molar-refractivity contribution in [1.29, 1.82) is 0 Å². The highest BCUT2D eigenvalue weighted by molar-refractivity contribution is 5.53. The Hall–Kier alpha value is -2.72. The van der Waals surface area contributed by atoms with E-state index in [0.29, 0.717) is 5.82 Å². The molecule has 4 nitrogen and oxygen atoms in total. The molecule has 0 saturated heterocycles. The summed E-state index contributed by atoms with van der Waals surface area (Å²) in [5.41, 5.74) is 7.84. The molecule has 3 aromatic rings. The molecular weight excluding hydrogens is 370 g/mol. The molecule has 5 rings (SSSR count). The van der Waals surface area contributed by atoms with Gasteiger partial charge in [0.25, 0.3) is 0 Å². The van der Waals surface area contributed by atoms with Gasteiger partial charge < -0.3 is 10.0 Å². The van der Waals surface area contributed by atoms with Crippen LogP contribution in [-0.2, 0) is 18.4 Å². The summed E-state index contributed by atoms with van der Waals surface area (Å²) in [5, 5.41) is 9.81. The first-order valence-electron chi connectivity index (χ1n) is 11.0. The van der Waals surface area contributed by atoms with Gasteiger partial charge in [-0.05, 0) is 61.9 Å². The molecule has 0 amide bonds. The predicted molar refractivity (Wildman–Crippen MR) is 120 cm³/mol. The smallest absolute Gasteiger partial charge is 0.156 e. The average Bonchev–Trinajstić information content (AvgIpc) is 2.74. The Morgan fingerprint density at radius 1 is 1.00 bits per heavy atom. The van der Waals surface area contributed by atoms with E-state index in [1.165, 1.54) is 47.2 Å². The predicted octanol–water partition coefficient (Wildman–Crippen LogP) is 4.87. The highest BCUT2D eigenvalue weighted by Crippen LogP contribution is 2.49. The molecule has 1 aromatic heterocycles. The molecule has 0 spiro atoms. The molecule has 2 aliphatic rings. The molecule has 1 N–H and O–H groups in total. The third-order valence-electron chi connectivity index (χ3n) is 6.93. The Labute approximate surface area is 178 Å². The number of aliphatic hydroxyl groups is 1. The lowest BCUT2D eigenvalue weighted by atomic mass is 9.60. The number of aromatic nitrogens is 2. The van der Waals surface area contributed by atoms with Crippen molar-refractivity contribution in [2.45, 2.75) is 57.6 Å². The minimum atomic E-state index is -0.634. The number of hydrogen-bond donors (Lipinski definition) is 1. The molecule has 1 atom stereocenters. The van der Waals surface area contributed by atoms with E-state index >= 15 is 0 Å². The fourth-order valence-corrected chi connectivity index (χ4v) is 4.88. The van der Waals surface area contributed by atoms with Gasteiger partial charge in [0, 0.05) is 23.8 Å². The molecule has 0 radical (unpaired) electrons. The van der Waals surface area contributed by atoms with Gasteiger partial charge in [0.15, 0.2) is 5.82 Å². The van der Waals surface area contributed by atoms with Crippen molar-refractivity contribution in [3.05, 3.63) is 88.5 Å². The van der Waals surface area contributed by atoms with Crippen LogP contribution >= 0.6 is 0 Å². The minimum absolute atomic E-state index is 0.181. The number of benzene rings is 2. The third-order valence-corrected chi connectivity index (χ3v) is 6.93. The van der Waals surface area contributed by atoms with Crippen molar-refractivity contribution in [1.82, 2.24) is 9.97 Å². The van der Waals surface area contributed by atoms with Crippen molar-refractivity contribution in [2.75, 3.05) is 11.4 Å². The second-order valence-corrected chi connectivity index (χ2v) is 8.90. The van der Waals surface area contributed by atoms with Crippen molar-refractivity contribution in [3.8, 4) is 0 Å². The Morgan fingerprint density at radius 3 is 2.27 bits per heavy atom. The fraction of sp³-hybridized carbons (Fsp3) is 0.385. The van der Waals surface area contributed by atoms with Crippen LogP contribution in [0.3, 0.4) is 0 Å². The van der Waals surface area contributed by atoms with Gasteiger partial charge in [-0.3, -0.25) is 0 Å². The topological polar surface area (TPSA) is 49.2 Å². The SMILES string of the molecule is Cc1ccc(C2(c3ccc(N4CCc5cnc(C(C)O)nc5C4)cc3)CCC2)cc1. The van der Waals surface area contributed by atoms with Gasteiger partial charge in [-0.1, -0.05) is 48.4 Å². The summed E-state index contributed by atoms with van der Waals surface area (Å²) in [7, 11) is 0. The minimum Gasteiger partial charge on any atom is -0.385 e.